The summed E-state index contributed by atoms with van der Waals surface area (Å²) >= 11 is 0. The molecule has 2 aromatic carbocycles. The van der Waals surface area contributed by atoms with E-state index in [1.54, 1.807) is 12.1 Å². The van der Waals surface area contributed by atoms with Gasteiger partial charge in [0.25, 0.3) is 0 Å². The van der Waals surface area contributed by atoms with Crippen LogP contribution in [-0.4, -0.2) is 18.2 Å². The van der Waals surface area contributed by atoms with Crippen LogP contribution in [0, 0.1) is 0 Å². The maximum Gasteiger partial charge on any atom is 0.337 e. The van der Waals surface area contributed by atoms with E-state index in [2.05, 4.69) is 10.1 Å². The van der Waals surface area contributed by atoms with Gasteiger partial charge in [-0.1, -0.05) is 24.3 Å². The van der Waals surface area contributed by atoms with Gasteiger partial charge in [-0.2, -0.15) is 0 Å². The molecule has 0 spiro atoms. The molecule has 20 heavy (non-hydrogen) atoms. The van der Waals surface area contributed by atoms with E-state index < -0.39 is 0 Å². The molecule has 0 atom stereocenters. The van der Waals surface area contributed by atoms with Crippen LogP contribution < -0.4 is 5.32 Å². The molecule has 0 aliphatic carbocycles. The molecule has 4 heteroatoms. The predicted molar refractivity (Wildman–Crippen MR) is 77.5 cm³/mol. The van der Waals surface area contributed by atoms with Gasteiger partial charge in [-0.05, 0) is 35.4 Å². The summed E-state index contributed by atoms with van der Waals surface area (Å²) in [6.07, 6.45) is 0. The molecule has 0 unspecified atom stereocenters. The Morgan fingerprint density at radius 2 is 1.65 bits per heavy atom. The lowest BCUT2D eigenvalue weighted by Gasteiger charge is -2.07. The molecule has 0 amide bonds. The Hall–Kier alpha value is -2.33. The first kappa shape index (κ1) is 14.1. The maximum absolute atomic E-state index is 11.3. The van der Waals surface area contributed by atoms with Crippen molar-refractivity contribution < 1.29 is 14.6 Å². The van der Waals surface area contributed by atoms with Gasteiger partial charge in [-0.25, -0.2) is 4.79 Å². The van der Waals surface area contributed by atoms with Gasteiger partial charge in [0.1, 0.15) is 0 Å². The van der Waals surface area contributed by atoms with Crippen LogP contribution in [-0.2, 0) is 17.9 Å². The number of esters is 1. The number of methoxy groups -OCH3 is 1. The first-order valence-corrected chi connectivity index (χ1v) is 6.34. The fourth-order valence-electron chi connectivity index (χ4n) is 1.81. The number of carbonyl (C=O) groups is 1. The molecule has 2 N–H and O–H groups in total. The highest BCUT2D eigenvalue weighted by molar-refractivity contribution is 5.89. The minimum atomic E-state index is -0.330. The van der Waals surface area contributed by atoms with E-state index in [1.807, 2.05) is 36.4 Å². The van der Waals surface area contributed by atoms with Crippen LogP contribution >= 0.6 is 0 Å². The van der Waals surface area contributed by atoms with E-state index in [1.165, 1.54) is 7.11 Å². The van der Waals surface area contributed by atoms with Crippen molar-refractivity contribution in [1.82, 2.24) is 0 Å². The molecule has 0 radical (unpaired) electrons. The Kier molecular flexibility index (Phi) is 4.74. The third kappa shape index (κ3) is 3.59. The van der Waals surface area contributed by atoms with Crippen LogP contribution in [0.1, 0.15) is 21.5 Å². The van der Waals surface area contributed by atoms with E-state index in [0.717, 1.165) is 16.8 Å². The predicted octanol–water partition coefficient (Wildman–Crippen LogP) is 2.58. The summed E-state index contributed by atoms with van der Waals surface area (Å²) in [6.45, 7) is 0.717. The number of benzene rings is 2. The molecular weight excluding hydrogens is 254 g/mol. The average Bonchev–Trinajstić information content (AvgIpc) is 2.53. The van der Waals surface area contributed by atoms with Crippen molar-refractivity contribution in [2.24, 2.45) is 0 Å². The van der Waals surface area contributed by atoms with Gasteiger partial charge in [-0.15, -0.1) is 0 Å². The van der Waals surface area contributed by atoms with E-state index in [9.17, 15) is 4.79 Å². The largest absolute Gasteiger partial charge is 0.465 e. The molecule has 0 saturated carbocycles. The molecule has 4 nitrogen and oxygen atoms in total. The standard InChI is InChI=1S/C16H17NO3/c1-20-16(19)14-6-2-12(3-7-14)10-17-15-8-4-13(11-18)5-9-15/h2-9,17-18H,10-11H2,1H3. The summed E-state index contributed by atoms with van der Waals surface area (Å²) < 4.78 is 4.65. The highest BCUT2D eigenvalue weighted by atomic mass is 16.5. The molecule has 0 aliphatic heterocycles. The molecule has 0 fully saturated rings. The Labute approximate surface area is 118 Å². The second kappa shape index (κ2) is 6.73. The Morgan fingerprint density at radius 3 is 2.20 bits per heavy atom. The highest BCUT2D eigenvalue weighted by Gasteiger charge is 2.04. The lowest BCUT2D eigenvalue weighted by molar-refractivity contribution is 0.0600. The van der Waals surface area contributed by atoms with Crippen molar-refractivity contribution in [3.8, 4) is 0 Å². The fourth-order valence-corrected chi connectivity index (χ4v) is 1.81. The van der Waals surface area contributed by atoms with E-state index in [4.69, 9.17) is 5.11 Å². The molecule has 2 aromatic rings. The quantitative estimate of drug-likeness (QED) is 0.821. The number of nitrogens with one attached hydrogen (secondary N) is 1. The molecule has 104 valence electrons. The number of hydrogen-bond donors (Lipinski definition) is 2. The monoisotopic (exact) mass is 271 g/mol. The van der Waals surface area contributed by atoms with Crippen LogP contribution in [0.5, 0.6) is 0 Å². The van der Waals surface area contributed by atoms with Crippen LogP contribution in [0.3, 0.4) is 0 Å². The second-order valence-electron chi connectivity index (χ2n) is 4.40. The van der Waals surface area contributed by atoms with Gasteiger partial charge in [0, 0.05) is 12.2 Å². The van der Waals surface area contributed by atoms with Crippen LogP contribution in [0.2, 0.25) is 0 Å². The van der Waals surface area contributed by atoms with E-state index in [-0.39, 0.29) is 12.6 Å². The van der Waals surface area contributed by atoms with Gasteiger partial charge in [0.05, 0.1) is 19.3 Å². The Bertz CT molecular complexity index is 561. The highest BCUT2D eigenvalue weighted by Crippen LogP contribution is 2.12. The van der Waals surface area contributed by atoms with E-state index in [0.29, 0.717) is 12.1 Å². The normalized spacial score (nSPS) is 10.1. The lowest BCUT2D eigenvalue weighted by atomic mass is 10.1. The zero-order valence-corrected chi connectivity index (χ0v) is 11.3. The molecular formula is C16H17NO3. The SMILES string of the molecule is COC(=O)c1ccc(CNc2ccc(CO)cc2)cc1. The third-order valence-corrected chi connectivity index (χ3v) is 3.01. The number of anilines is 1. The molecule has 0 saturated heterocycles. The van der Waals surface area contributed by atoms with E-state index >= 15 is 0 Å². The summed E-state index contributed by atoms with van der Waals surface area (Å²) in [5, 5.41) is 12.2. The van der Waals surface area contributed by atoms with Gasteiger partial charge in [-0.3, -0.25) is 0 Å². The Morgan fingerprint density at radius 1 is 1.05 bits per heavy atom. The number of ether oxygens (including phenoxy) is 1. The fraction of sp³-hybridized carbons (Fsp3) is 0.188. The van der Waals surface area contributed by atoms with Crippen molar-refractivity contribution in [3.05, 3.63) is 65.2 Å². The topological polar surface area (TPSA) is 58.6 Å². The summed E-state index contributed by atoms with van der Waals surface area (Å²) in [4.78, 5) is 11.3. The van der Waals surface area contributed by atoms with Crippen molar-refractivity contribution in [2.75, 3.05) is 12.4 Å². The summed E-state index contributed by atoms with van der Waals surface area (Å²) in [7, 11) is 1.37. The summed E-state index contributed by atoms with van der Waals surface area (Å²) in [5.41, 5.74) is 3.49. The molecule has 0 bridgehead atoms. The number of aliphatic hydroxyl groups excluding tert-OH is 1. The molecule has 0 aliphatic rings. The Balaban J connectivity index is 1.94. The first-order chi connectivity index (χ1) is 9.72. The van der Waals surface area contributed by atoms with Crippen LogP contribution in [0.25, 0.3) is 0 Å². The van der Waals surface area contributed by atoms with Crippen molar-refractivity contribution in [3.63, 3.8) is 0 Å². The number of aliphatic hydroxyl groups is 1. The van der Waals surface area contributed by atoms with Gasteiger partial charge < -0.3 is 15.2 Å². The van der Waals surface area contributed by atoms with Gasteiger partial charge in [0.2, 0.25) is 0 Å². The van der Waals surface area contributed by atoms with Gasteiger partial charge >= 0.3 is 5.97 Å². The van der Waals surface area contributed by atoms with Crippen molar-refractivity contribution >= 4 is 11.7 Å². The summed E-state index contributed by atoms with van der Waals surface area (Å²) in [6, 6.07) is 14.9. The lowest BCUT2D eigenvalue weighted by Crippen LogP contribution is -2.03. The second-order valence-corrected chi connectivity index (χ2v) is 4.40. The van der Waals surface area contributed by atoms with Crippen LogP contribution in [0.15, 0.2) is 48.5 Å². The smallest absolute Gasteiger partial charge is 0.337 e. The molecule has 0 aromatic heterocycles. The number of carbonyl (C=O) groups excluding carboxylic acids is 1. The zero-order valence-electron chi connectivity index (χ0n) is 11.3. The molecule has 2 rings (SSSR count). The first-order valence-electron chi connectivity index (χ1n) is 6.34. The minimum Gasteiger partial charge on any atom is -0.465 e. The maximum atomic E-state index is 11.3. The van der Waals surface area contributed by atoms with Crippen molar-refractivity contribution in [2.45, 2.75) is 13.2 Å². The number of hydrogen-bond acceptors (Lipinski definition) is 4. The van der Waals surface area contributed by atoms with Gasteiger partial charge in [0.15, 0.2) is 0 Å². The van der Waals surface area contributed by atoms with Crippen molar-refractivity contribution in [1.29, 1.82) is 0 Å². The third-order valence-electron chi connectivity index (χ3n) is 3.01. The van der Waals surface area contributed by atoms with Crippen LogP contribution in [0.4, 0.5) is 5.69 Å². The molecule has 0 heterocycles. The minimum absolute atomic E-state index is 0.0509. The number of rotatable bonds is 5. The average molecular weight is 271 g/mol. The summed E-state index contributed by atoms with van der Waals surface area (Å²) in [5.74, 6) is -0.330. The zero-order chi connectivity index (χ0) is 14.4.